The topological polar surface area (TPSA) is 42.1 Å². The Hall–Kier alpha value is -1.48. The molecule has 96 valence electrons. The maximum absolute atomic E-state index is 12.6. The summed E-state index contributed by atoms with van der Waals surface area (Å²) < 4.78 is 5.26. The molecule has 1 aromatic carbocycles. The highest BCUT2D eigenvalue weighted by Crippen LogP contribution is 2.29. The van der Waals surface area contributed by atoms with Gasteiger partial charge in [0.1, 0.15) is 5.75 Å². The molecule has 1 aromatic heterocycles. The third-order valence-corrected chi connectivity index (χ3v) is 3.42. The van der Waals surface area contributed by atoms with Gasteiger partial charge < -0.3 is 9.72 Å². The summed E-state index contributed by atoms with van der Waals surface area (Å²) in [5.41, 5.74) is 2.28. The molecule has 0 saturated heterocycles. The van der Waals surface area contributed by atoms with Gasteiger partial charge >= 0.3 is 0 Å². The summed E-state index contributed by atoms with van der Waals surface area (Å²) in [4.78, 5) is 15.8. The number of rotatable bonds is 2. The number of halogens is 1. The molecular weight excluding hydrogens is 250 g/mol. The molecule has 1 N–H and O–H groups in total. The standard InChI is InChI=1S/C14H16ClNO2/c1-7(2)11-8(3)16-13-9(15)5-6-10(18-4)12(13)14(11)17/h5-7H,1-4H3,(H,16,17). The first-order valence-electron chi connectivity index (χ1n) is 5.86. The lowest BCUT2D eigenvalue weighted by Gasteiger charge is -2.13. The summed E-state index contributed by atoms with van der Waals surface area (Å²) in [6.07, 6.45) is 0. The number of H-pyrrole nitrogens is 1. The molecular formula is C14H16ClNO2. The van der Waals surface area contributed by atoms with E-state index in [0.717, 1.165) is 11.3 Å². The number of benzene rings is 1. The minimum absolute atomic E-state index is 0.00407. The highest BCUT2D eigenvalue weighted by Gasteiger charge is 2.16. The third-order valence-electron chi connectivity index (χ3n) is 3.10. The van der Waals surface area contributed by atoms with Crippen molar-refractivity contribution in [3.63, 3.8) is 0 Å². The van der Waals surface area contributed by atoms with Gasteiger partial charge in [-0.15, -0.1) is 0 Å². The second-order valence-corrected chi connectivity index (χ2v) is 5.05. The Morgan fingerprint density at radius 1 is 1.33 bits per heavy atom. The lowest BCUT2D eigenvalue weighted by Crippen LogP contribution is -2.15. The van der Waals surface area contributed by atoms with E-state index in [9.17, 15) is 4.79 Å². The highest BCUT2D eigenvalue weighted by atomic mass is 35.5. The fraction of sp³-hybridized carbons (Fsp3) is 0.357. The zero-order valence-electron chi connectivity index (χ0n) is 10.9. The Balaban J connectivity index is 3.01. The Morgan fingerprint density at radius 2 is 2.00 bits per heavy atom. The lowest BCUT2D eigenvalue weighted by molar-refractivity contribution is 0.419. The van der Waals surface area contributed by atoms with E-state index in [0.29, 0.717) is 21.7 Å². The quantitative estimate of drug-likeness (QED) is 0.901. The Bertz CT molecular complexity index is 659. The summed E-state index contributed by atoms with van der Waals surface area (Å²) in [6, 6.07) is 3.45. The molecule has 0 radical (unpaired) electrons. The molecule has 2 rings (SSSR count). The Kier molecular flexibility index (Phi) is 3.35. The predicted molar refractivity (Wildman–Crippen MR) is 75.0 cm³/mol. The van der Waals surface area contributed by atoms with Gasteiger partial charge in [0.25, 0.3) is 0 Å². The van der Waals surface area contributed by atoms with E-state index in [1.165, 1.54) is 0 Å². The molecule has 0 aliphatic heterocycles. The number of pyridine rings is 1. The molecule has 0 aliphatic rings. The number of fused-ring (bicyclic) bond motifs is 1. The van der Waals surface area contributed by atoms with Crippen LogP contribution in [0.25, 0.3) is 10.9 Å². The van der Waals surface area contributed by atoms with Gasteiger partial charge in [-0.1, -0.05) is 25.4 Å². The largest absolute Gasteiger partial charge is 0.496 e. The second kappa shape index (κ2) is 4.65. The van der Waals surface area contributed by atoms with Crippen molar-refractivity contribution in [2.24, 2.45) is 0 Å². The van der Waals surface area contributed by atoms with Crippen molar-refractivity contribution in [1.29, 1.82) is 0 Å². The van der Waals surface area contributed by atoms with Gasteiger partial charge in [-0.2, -0.15) is 0 Å². The smallest absolute Gasteiger partial charge is 0.196 e. The lowest BCUT2D eigenvalue weighted by atomic mass is 9.98. The minimum Gasteiger partial charge on any atom is -0.496 e. The van der Waals surface area contributed by atoms with E-state index in [4.69, 9.17) is 16.3 Å². The SMILES string of the molecule is COc1ccc(Cl)c2[nH]c(C)c(C(C)C)c(=O)c12. The number of ether oxygens (including phenoxy) is 1. The average molecular weight is 266 g/mol. The summed E-state index contributed by atoms with van der Waals surface area (Å²) in [7, 11) is 1.55. The molecule has 0 bridgehead atoms. The van der Waals surface area contributed by atoms with E-state index in [2.05, 4.69) is 4.98 Å². The maximum atomic E-state index is 12.6. The number of hydrogen-bond acceptors (Lipinski definition) is 2. The van der Waals surface area contributed by atoms with Crippen LogP contribution < -0.4 is 10.2 Å². The van der Waals surface area contributed by atoms with Gasteiger partial charge in [-0.05, 0) is 25.0 Å². The van der Waals surface area contributed by atoms with Crippen LogP contribution in [-0.4, -0.2) is 12.1 Å². The van der Waals surface area contributed by atoms with Crippen molar-refractivity contribution in [1.82, 2.24) is 4.98 Å². The first-order valence-corrected chi connectivity index (χ1v) is 6.24. The van der Waals surface area contributed by atoms with Crippen molar-refractivity contribution >= 4 is 22.5 Å². The van der Waals surface area contributed by atoms with Crippen molar-refractivity contribution in [3.05, 3.63) is 38.6 Å². The van der Waals surface area contributed by atoms with Crippen LogP contribution in [0.15, 0.2) is 16.9 Å². The summed E-state index contributed by atoms with van der Waals surface area (Å²) in [6.45, 7) is 5.90. The van der Waals surface area contributed by atoms with E-state index >= 15 is 0 Å². The molecule has 3 nitrogen and oxygen atoms in total. The highest BCUT2D eigenvalue weighted by molar-refractivity contribution is 6.35. The molecule has 4 heteroatoms. The summed E-state index contributed by atoms with van der Waals surface area (Å²) >= 11 is 6.14. The molecule has 0 fully saturated rings. The van der Waals surface area contributed by atoms with Gasteiger partial charge in [0.05, 0.1) is 23.0 Å². The van der Waals surface area contributed by atoms with Crippen LogP contribution in [0.1, 0.15) is 31.0 Å². The van der Waals surface area contributed by atoms with Crippen LogP contribution in [0.2, 0.25) is 5.02 Å². The van der Waals surface area contributed by atoms with E-state index in [-0.39, 0.29) is 11.3 Å². The molecule has 1 heterocycles. The average Bonchev–Trinajstić information content (AvgIpc) is 2.30. The van der Waals surface area contributed by atoms with Gasteiger partial charge in [-0.25, -0.2) is 0 Å². The Labute approximate surface area is 111 Å². The van der Waals surface area contributed by atoms with Crippen LogP contribution in [0.4, 0.5) is 0 Å². The van der Waals surface area contributed by atoms with Crippen LogP contribution in [0.5, 0.6) is 5.75 Å². The Morgan fingerprint density at radius 3 is 2.56 bits per heavy atom. The van der Waals surface area contributed by atoms with Crippen molar-refractivity contribution in [2.75, 3.05) is 7.11 Å². The molecule has 0 atom stereocenters. The van der Waals surface area contributed by atoms with Crippen molar-refractivity contribution in [3.8, 4) is 5.75 Å². The van der Waals surface area contributed by atoms with Crippen LogP contribution in [0, 0.1) is 6.92 Å². The number of aromatic amines is 1. The number of nitrogens with one attached hydrogen (secondary N) is 1. The van der Waals surface area contributed by atoms with Crippen LogP contribution >= 0.6 is 11.6 Å². The molecule has 2 aromatic rings. The van der Waals surface area contributed by atoms with E-state index < -0.39 is 0 Å². The van der Waals surface area contributed by atoms with Gasteiger partial charge in [0.2, 0.25) is 0 Å². The maximum Gasteiger partial charge on any atom is 0.196 e. The first kappa shape index (κ1) is 13.0. The molecule has 0 saturated carbocycles. The first-order chi connectivity index (χ1) is 8.47. The summed E-state index contributed by atoms with van der Waals surface area (Å²) in [5, 5.41) is 1.06. The zero-order chi connectivity index (χ0) is 13.4. The molecule has 0 spiro atoms. The van der Waals surface area contributed by atoms with Gasteiger partial charge in [-0.3, -0.25) is 4.79 Å². The second-order valence-electron chi connectivity index (χ2n) is 4.65. The number of methoxy groups -OCH3 is 1. The monoisotopic (exact) mass is 265 g/mol. The number of aryl methyl sites for hydroxylation is 1. The molecule has 18 heavy (non-hydrogen) atoms. The summed E-state index contributed by atoms with van der Waals surface area (Å²) in [5.74, 6) is 0.708. The predicted octanol–water partition coefficient (Wildman–Crippen LogP) is 3.62. The van der Waals surface area contributed by atoms with E-state index in [1.54, 1.807) is 19.2 Å². The van der Waals surface area contributed by atoms with Crippen molar-refractivity contribution in [2.45, 2.75) is 26.7 Å². The third kappa shape index (κ3) is 1.89. The van der Waals surface area contributed by atoms with Gasteiger partial charge in [0, 0.05) is 11.3 Å². The van der Waals surface area contributed by atoms with Crippen molar-refractivity contribution < 1.29 is 4.74 Å². The molecule has 0 amide bonds. The van der Waals surface area contributed by atoms with E-state index in [1.807, 2.05) is 20.8 Å². The van der Waals surface area contributed by atoms with Crippen LogP contribution in [-0.2, 0) is 0 Å². The number of hydrogen-bond donors (Lipinski definition) is 1. The molecule has 0 unspecified atom stereocenters. The fourth-order valence-electron chi connectivity index (χ4n) is 2.33. The van der Waals surface area contributed by atoms with Crippen LogP contribution in [0.3, 0.4) is 0 Å². The minimum atomic E-state index is -0.00407. The van der Waals surface area contributed by atoms with Gasteiger partial charge in [0.15, 0.2) is 5.43 Å². The molecule has 0 aliphatic carbocycles. The number of aromatic nitrogens is 1. The fourth-order valence-corrected chi connectivity index (χ4v) is 2.54. The normalized spacial score (nSPS) is 11.2. The zero-order valence-corrected chi connectivity index (χ0v) is 11.7.